The van der Waals surface area contributed by atoms with Crippen molar-refractivity contribution in [1.29, 1.82) is 0 Å². The fraction of sp³-hybridized carbons (Fsp3) is 0.0714. The second kappa shape index (κ2) is 4.79. The molecule has 3 aromatic rings. The smallest absolute Gasteiger partial charge is 0.188 e. The largest absolute Gasteiger partial charge is 0.327 e. The van der Waals surface area contributed by atoms with Crippen LogP contribution in [0.25, 0.3) is 10.2 Å². The van der Waals surface area contributed by atoms with Crippen molar-refractivity contribution in [2.45, 2.75) is 6.92 Å². The molecule has 1 heterocycles. The number of hydrogen-bond acceptors (Lipinski definition) is 3. The molecule has 0 aliphatic heterocycles. The minimum atomic E-state index is -0.988. The Balaban J connectivity index is 2.01. The van der Waals surface area contributed by atoms with E-state index in [1.54, 1.807) is 0 Å². The summed E-state index contributed by atoms with van der Waals surface area (Å²) in [6.07, 6.45) is 0. The van der Waals surface area contributed by atoms with Crippen LogP contribution in [0.15, 0.2) is 30.3 Å². The minimum Gasteiger partial charge on any atom is -0.327 e. The summed E-state index contributed by atoms with van der Waals surface area (Å²) in [5, 5.41) is 2.92. The Morgan fingerprint density at radius 1 is 1.05 bits per heavy atom. The number of hydrogen-bond donors (Lipinski definition) is 1. The summed E-state index contributed by atoms with van der Waals surface area (Å²) < 4.78 is 40.9. The zero-order valence-corrected chi connectivity index (χ0v) is 11.2. The molecule has 2 nitrogen and oxygen atoms in total. The van der Waals surface area contributed by atoms with Crippen LogP contribution in [-0.4, -0.2) is 4.98 Å². The van der Waals surface area contributed by atoms with E-state index in [1.165, 1.54) is 11.3 Å². The summed E-state index contributed by atoms with van der Waals surface area (Å²) in [6.45, 7) is 1.95. The lowest BCUT2D eigenvalue weighted by atomic mass is 10.2. The molecule has 0 unspecified atom stereocenters. The first-order valence-corrected chi connectivity index (χ1v) is 6.63. The fourth-order valence-electron chi connectivity index (χ4n) is 1.85. The molecule has 0 saturated carbocycles. The number of nitrogens with zero attached hydrogens (tertiary/aromatic N) is 1. The topological polar surface area (TPSA) is 24.9 Å². The lowest BCUT2D eigenvalue weighted by Gasteiger charge is -2.05. The third-order valence-electron chi connectivity index (χ3n) is 2.78. The molecule has 0 saturated heterocycles. The van der Waals surface area contributed by atoms with E-state index >= 15 is 0 Å². The lowest BCUT2D eigenvalue weighted by molar-refractivity contribution is 0.549. The minimum absolute atomic E-state index is 0.356. The van der Waals surface area contributed by atoms with E-state index in [0.29, 0.717) is 17.3 Å². The van der Waals surface area contributed by atoms with Crippen LogP contribution in [0.3, 0.4) is 0 Å². The van der Waals surface area contributed by atoms with E-state index in [9.17, 15) is 13.2 Å². The maximum Gasteiger partial charge on any atom is 0.188 e. The predicted molar refractivity (Wildman–Crippen MR) is 74.0 cm³/mol. The second-order valence-corrected chi connectivity index (χ2v) is 5.39. The number of thiazole rings is 1. The van der Waals surface area contributed by atoms with E-state index in [4.69, 9.17) is 0 Å². The van der Waals surface area contributed by atoms with Crippen molar-refractivity contribution in [2.24, 2.45) is 0 Å². The molecule has 0 amide bonds. The van der Waals surface area contributed by atoms with Crippen molar-refractivity contribution < 1.29 is 13.2 Å². The van der Waals surface area contributed by atoms with E-state index in [-0.39, 0.29) is 0 Å². The van der Waals surface area contributed by atoms with Crippen LogP contribution in [0.2, 0.25) is 0 Å². The van der Waals surface area contributed by atoms with Crippen LogP contribution < -0.4 is 5.32 Å². The molecule has 102 valence electrons. The first-order valence-electron chi connectivity index (χ1n) is 5.82. The van der Waals surface area contributed by atoms with Gasteiger partial charge in [-0.3, -0.25) is 0 Å². The average molecular weight is 294 g/mol. The zero-order chi connectivity index (χ0) is 14.3. The summed E-state index contributed by atoms with van der Waals surface area (Å²) in [6, 6.07) is 6.94. The number of aryl methyl sites for hydroxylation is 1. The first-order chi connectivity index (χ1) is 9.52. The Morgan fingerprint density at radius 3 is 2.45 bits per heavy atom. The van der Waals surface area contributed by atoms with Crippen LogP contribution in [0.4, 0.5) is 24.0 Å². The van der Waals surface area contributed by atoms with Gasteiger partial charge in [-0.1, -0.05) is 17.4 Å². The van der Waals surface area contributed by atoms with Crippen molar-refractivity contribution in [3.8, 4) is 0 Å². The Labute approximate surface area is 116 Å². The van der Waals surface area contributed by atoms with Gasteiger partial charge in [-0.15, -0.1) is 0 Å². The standard InChI is InChI=1S/C14H9F3N2S/c1-7-2-3-11-12(4-7)20-14(18-11)19-13-9(16)5-8(15)6-10(13)17/h2-6H,1H3,(H,18,19). The highest BCUT2D eigenvalue weighted by atomic mass is 32.1. The van der Waals surface area contributed by atoms with Crippen molar-refractivity contribution in [1.82, 2.24) is 4.98 Å². The van der Waals surface area contributed by atoms with E-state index in [1.807, 2.05) is 25.1 Å². The van der Waals surface area contributed by atoms with Crippen LogP contribution in [0.5, 0.6) is 0 Å². The van der Waals surface area contributed by atoms with Gasteiger partial charge in [0.2, 0.25) is 0 Å². The molecule has 0 aliphatic rings. The second-order valence-electron chi connectivity index (χ2n) is 4.36. The predicted octanol–water partition coefficient (Wildman–Crippen LogP) is 4.77. The van der Waals surface area contributed by atoms with Crippen molar-refractivity contribution >= 4 is 32.4 Å². The van der Waals surface area contributed by atoms with Gasteiger partial charge in [-0.05, 0) is 24.6 Å². The molecule has 0 radical (unpaired) electrons. The third kappa shape index (κ3) is 2.34. The molecule has 1 N–H and O–H groups in total. The Bertz CT molecular complexity index is 775. The van der Waals surface area contributed by atoms with Crippen LogP contribution >= 0.6 is 11.3 Å². The van der Waals surface area contributed by atoms with Gasteiger partial charge in [-0.2, -0.15) is 0 Å². The number of rotatable bonds is 2. The highest BCUT2D eigenvalue weighted by molar-refractivity contribution is 7.22. The number of nitrogens with one attached hydrogen (secondary N) is 1. The molecule has 0 bridgehead atoms. The molecule has 6 heteroatoms. The van der Waals surface area contributed by atoms with Crippen molar-refractivity contribution in [2.75, 3.05) is 5.32 Å². The molecule has 3 rings (SSSR count). The van der Waals surface area contributed by atoms with E-state index in [2.05, 4.69) is 10.3 Å². The molecular formula is C14H9F3N2S. The van der Waals surface area contributed by atoms with Crippen LogP contribution in [0.1, 0.15) is 5.56 Å². The zero-order valence-electron chi connectivity index (χ0n) is 10.4. The maximum absolute atomic E-state index is 13.6. The molecule has 1 aromatic heterocycles. The molecule has 0 spiro atoms. The molecule has 2 aromatic carbocycles. The maximum atomic E-state index is 13.6. The lowest BCUT2D eigenvalue weighted by Crippen LogP contribution is -1.98. The van der Waals surface area contributed by atoms with Gasteiger partial charge in [0.1, 0.15) is 11.5 Å². The molecule has 0 fully saturated rings. The van der Waals surface area contributed by atoms with Crippen LogP contribution in [0, 0.1) is 24.4 Å². The normalized spacial score (nSPS) is 11.0. The summed E-state index contributed by atoms with van der Waals surface area (Å²) in [7, 11) is 0. The molecular weight excluding hydrogens is 285 g/mol. The summed E-state index contributed by atoms with van der Waals surface area (Å²) in [5.41, 5.74) is 1.42. The van der Waals surface area contributed by atoms with Gasteiger partial charge in [0.15, 0.2) is 16.8 Å². The molecule has 0 atom stereocenters. The monoisotopic (exact) mass is 294 g/mol. The number of fused-ring (bicyclic) bond motifs is 1. The van der Waals surface area contributed by atoms with Gasteiger partial charge < -0.3 is 5.32 Å². The Hall–Kier alpha value is -2.08. The van der Waals surface area contributed by atoms with Crippen LogP contribution in [-0.2, 0) is 0 Å². The average Bonchev–Trinajstić information content (AvgIpc) is 2.75. The molecule has 0 aliphatic carbocycles. The third-order valence-corrected chi connectivity index (χ3v) is 3.72. The van der Waals surface area contributed by atoms with E-state index in [0.717, 1.165) is 15.8 Å². The summed E-state index contributed by atoms with van der Waals surface area (Å²) >= 11 is 1.28. The van der Waals surface area contributed by atoms with Gasteiger partial charge in [-0.25, -0.2) is 18.2 Å². The Morgan fingerprint density at radius 2 is 1.75 bits per heavy atom. The van der Waals surface area contributed by atoms with Gasteiger partial charge in [0.05, 0.1) is 10.2 Å². The Kier molecular flexibility index (Phi) is 3.10. The van der Waals surface area contributed by atoms with Gasteiger partial charge in [0.25, 0.3) is 0 Å². The highest BCUT2D eigenvalue weighted by Crippen LogP contribution is 2.31. The van der Waals surface area contributed by atoms with Crippen molar-refractivity contribution in [3.05, 3.63) is 53.3 Å². The number of anilines is 2. The molecule has 20 heavy (non-hydrogen) atoms. The number of halogens is 3. The SMILES string of the molecule is Cc1ccc2nc(Nc3c(F)cc(F)cc3F)sc2c1. The van der Waals surface area contributed by atoms with Gasteiger partial charge >= 0.3 is 0 Å². The number of benzene rings is 2. The van der Waals surface area contributed by atoms with Gasteiger partial charge in [0, 0.05) is 12.1 Å². The fourth-order valence-corrected chi connectivity index (χ4v) is 2.82. The first kappa shape index (κ1) is 12.9. The summed E-state index contributed by atoms with van der Waals surface area (Å²) in [5.74, 6) is -2.93. The summed E-state index contributed by atoms with van der Waals surface area (Å²) in [4.78, 5) is 4.23. The quantitative estimate of drug-likeness (QED) is 0.736. The van der Waals surface area contributed by atoms with Crippen molar-refractivity contribution in [3.63, 3.8) is 0 Å². The highest BCUT2D eigenvalue weighted by Gasteiger charge is 2.13. The van der Waals surface area contributed by atoms with E-state index < -0.39 is 23.1 Å². The number of aromatic nitrogens is 1.